The van der Waals surface area contributed by atoms with Gasteiger partial charge in [0.25, 0.3) is 0 Å². The van der Waals surface area contributed by atoms with Crippen LogP contribution in [-0.4, -0.2) is 36.8 Å². The number of thiazole rings is 1. The maximum absolute atomic E-state index is 5.34. The lowest BCUT2D eigenvalue weighted by molar-refractivity contribution is 0.122. The molecule has 0 amide bonds. The number of rotatable bonds is 3. The lowest BCUT2D eigenvalue weighted by Crippen LogP contribution is -2.36. The molecule has 1 fully saturated rings. The van der Waals surface area contributed by atoms with Gasteiger partial charge in [-0.2, -0.15) is 0 Å². The van der Waals surface area contributed by atoms with Gasteiger partial charge >= 0.3 is 0 Å². The number of nitrogens with one attached hydrogen (secondary N) is 1. The van der Waals surface area contributed by atoms with E-state index >= 15 is 0 Å². The molecule has 1 aliphatic rings. The van der Waals surface area contributed by atoms with Crippen molar-refractivity contribution in [2.75, 3.05) is 31.2 Å². The molecule has 0 saturated carbocycles. The summed E-state index contributed by atoms with van der Waals surface area (Å²) >= 11 is 1.73. The number of aromatic nitrogens is 1. The van der Waals surface area contributed by atoms with Crippen molar-refractivity contribution in [3.05, 3.63) is 11.1 Å². The Hall–Kier alpha value is -0.650. The zero-order chi connectivity index (χ0) is 12.3. The van der Waals surface area contributed by atoms with Crippen molar-refractivity contribution < 1.29 is 4.74 Å². The van der Waals surface area contributed by atoms with Crippen molar-refractivity contribution >= 4 is 16.5 Å². The van der Waals surface area contributed by atoms with Gasteiger partial charge in [0.15, 0.2) is 5.13 Å². The lowest BCUT2D eigenvalue weighted by atomic mass is 10.1. The van der Waals surface area contributed by atoms with Crippen molar-refractivity contribution in [2.45, 2.75) is 32.9 Å². The standard InChI is InChI=1S/C12H21N3OS/c1-12(2,3)13-8-10-9-17-11(14-10)15-4-6-16-7-5-15/h9,13H,4-8H2,1-3H3. The fourth-order valence-electron chi connectivity index (χ4n) is 1.63. The lowest BCUT2D eigenvalue weighted by Gasteiger charge is -2.26. The smallest absolute Gasteiger partial charge is 0.185 e. The monoisotopic (exact) mass is 255 g/mol. The molecule has 1 N–H and O–H groups in total. The minimum Gasteiger partial charge on any atom is -0.378 e. The number of ether oxygens (including phenoxy) is 1. The van der Waals surface area contributed by atoms with Crippen LogP contribution in [0.15, 0.2) is 5.38 Å². The average Bonchev–Trinajstić information content (AvgIpc) is 2.75. The van der Waals surface area contributed by atoms with Crippen molar-refractivity contribution in [1.82, 2.24) is 10.3 Å². The molecule has 17 heavy (non-hydrogen) atoms. The van der Waals surface area contributed by atoms with Gasteiger partial charge in [-0.15, -0.1) is 11.3 Å². The zero-order valence-corrected chi connectivity index (χ0v) is 11.6. The third-order valence-electron chi connectivity index (χ3n) is 2.62. The van der Waals surface area contributed by atoms with Crippen molar-refractivity contribution in [1.29, 1.82) is 0 Å². The van der Waals surface area contributed by atoms with Crippen molar-refractivity contribution in [3.63, 3.8) is 0 Å². The SMILES string of the molecule is CC(C)(C)NCc1csc(N2CCOCC2)n1. The number of anilines is 1. The maximum Gasteiger partial charge on any atom is 0.185 e. The summed E-state index contributed by atoms with van der Waals surface area (Å²) < 4.78 is 5.34. The molecule has 0 spiro atoms. The van der Waals surface area contributed by atoms with Crippen LogP contribution in [0.3, 0.4) is 0 Å². The molecular weight excluding hydrogens is 234 g/mol. The van der Waals surface area contributed by atoms with E-state index in [0.29, 0.717) is 0 Å². The molecule has 1 aliphatic heterocycles. The minimum absolute atomic E-state index is 0.142. The second kappa shape index (κ2) is 5.33. The fraction of sp³-hybridized carbons (Fsp3) is 0.750. The molecule has 0 unspecified atom stereocenters. The summed E-state index contributed by atoms with van der Waals surface area (Å²) in [7, 11) is 0. The highest BCUT2D eigenvalue weighted by Crippen LogP contribution is 2.21. The molecule has 96 valence electrons. The summed E-state index contributed by atoms with van der Waals surface area (Å²) in [6.45, 7) is 10.9. The highest BCUT2D eigenvalue weighted by atomic mass is 32.1. The topological polar surface area (TPSA) is 37.4 Å². The Morgan fingerprint density at radius 3 is 2.76 bits per heavy atom. The van der Waals surface area contributed by atoms with E-state index < -0.39 is 0 Å². The first kappa shape index (κ1) is 12.8. The Balaban J connectivity index is 1.91. The summed E-state index contributed by atoms with van der Waals surface area (Å²) in [5, 5.41) is 6.72. The summed E-state index contributed by atoms with van der Waals surface area (Å²) in [5.74, 6) is 0. The second-order valence-corrected chi connectivity index (χ2v) is 6.16. The maximum atomic E-state index is 5.34. The van der Waals surface area contributed by atoms with Crippen LogP contribution in [0, 0.1) is 0 Å². The highest BCUT2D eigenvalue weighted by molar-refractivity contribution is 7.13. The Kier molecular flexibility index (Phi) is 4.01. The van der Waals surface area contributed by atoms with Crippen LogP contribution in [0.25, 0.3) is 0 Å². The van der Waals surface area contributed by atoms with E-state index in [4.69, 9.17) is 4.74 Å². The van der Waals surface area contributed by atoms with E-state index in [1.54, 1.807) is 11.3 Å². The normalized spacial score (nSPS) is 17.5. The molecule has 0 aliphatic carbocycles. The molecule has 1 saturated heterocycles. The summed E-state index contributed by atoms with van der Waals surface area (Å²) in [6, 6.07) is 0. The minimum atomic E-state index is 0.142. The van der Waals surface area contributed by atoms with Gasteiger partial charge in [0.1, 0.15) is 0 Å². The molecule has 0 aromatic carbocycles. The van der Waals surface area contributed by atoms with Crippen molar-refractivity contribution in [2.24, 2.45) is 0 Å². The van der Waals surface area contributed by atoms with Crippen LogP contribution in [0.4, 0.5) is 5.13 Å². The van der Waals surface area contributed by atoms with Crippen LogP contribution in [0.5, 0.6) is 0 Å². The quantitative estimate of drug-likeness (QED) is 0.894. The molecule has 5 heteroatoms. The van der Waals surface area contributed by atoms with Crippen molar-refractivity contribution in [3.8, 4) is 0 Å². The van der Waals surface area contributed by atoms with Gasteiger partial charge in [-0.25, -0.2) is 4.98 Å². The second-order valence-electron chi connectivity index (χ2n) is 5.32. The zero-order valence-electron chi connectivity index (χ0n) is 10.8. The Bertz CT molecular complexity index is 353. The number of hydrogen-bond donors (Lipinski definition) is 1. The molecule has 0 atom stereocenters. The van der Waals surface area contributed by atoms with Crippen LogP contribution in [-0.2, 0) is 11.3 Å². The predicted octanol–water partition coefficient (Wildman–Crippen LogP) is 1.87. The number of nitrogens with zero attached hydrogens (tertiary/aromatic N) is 2. The van der Waals surface area contributed by atoms with E-state index in [1.165, 1.54) is 0 Å². The number of hydrogen-bond acceptors (Lipinski definition) is 5. The predicted molar refractivity (Wildman–Crippen MR) is 71.7 cm³/mol. The average molecular weight is 255 g/mol. The molecule has 0 bridgehead atoms. The molecule has 2 rings (SSSR count). The molecule has 2 heterocycles. The van der Waals surface area contributed by atoms with Gasteiger partial charge in [0.05, 0.1) is 18.9 Å². The van der Waals surface area contributed by atoms with E-state index in [2.05, 4.69) is 41.4 Å². The van der Waals surface area contributed by atoms with Crippen LogP contribution >= 0.6 is 11.3 Å². The van der Waals surface area contributed by atoms with Gasteiger partial charge in [0, 0.05) is 30.6 Å². The fourth-order valence-corrected chi connectivity index (χ4v) is 2.51. The number of morpholine rings is 1. The molecule has 4 nitrogen and oxygen atoms in total. The third kappa shape index (κ3) is 3.94. The molecule has 1 aromatic heterocycles. The van der Waals surface area contributed by atoms with E-state index in [9.17, 15) is 0 Å². The van der Waals surface area contributed by atoms with Crippen LogP contribution < -0.4 is 10.2 Å². The van der Waals surface area contributed by atoms with Gasteiger partial charge < -0.3 is 15.0 Å². The highest BCUT2D eigenvalue weighted by Gasteiger charge is 2.15. The largest absolute Gasteiger partial charge is 0.378 e. The molecule has 1 aromatic rings. The van der Waals surface area contributed by atoms with Gasteiger partial charge in [-0.05, 0) is 20.8 Å². The van der Waals surface area contributed by atoms with Gasteiger partial charge in [-0.3, -0.25) is 0 Å². The molecule has 0 radical (unpaired) electrons. The van der Waals surface area contributed by atoms with Crippen LogP contribution in [0.1, 0.15) is 26.5 Å². The van der Waals surface area contributed by atoms with Gasteiger partial charge in [0.2, 0.25) is 0 Å². The first-order chi connectivity index (χ1) is 8.04. The first-order valence-corrected chi connectivity index (χ1v) is 6.95. The Morgan fingerprint density at radius 2 is 2.12 bits per heavy atom. The van der Waals surface area contributed by atoms with E-state index in [1.807, 2.05) is 0 Å². The van der Waals surface area contributed by atoms with Gasteiger partial charge in [-0.1, -0.05) is 0 Å². The van der Waals surface area contributed by atoms with E-state index in [-0.39, 0.29) is 5.54 Å². The summed E-state index contributed by atoms with van der Waals surface area (Å²) in [4.78, 5) is 6.96. The summed E-state index contributed by atoms with van der Waals surface area (Å²) in [5.41, 5.74) is 1.27. The van der Waals surface area contributed by atoms with E-state index in [0.717, 1.165) is 43.7 Å². The third-order valence-corrected chi connectivity index (χ3v) is 3.57. The first-order valence-electron chi connectivity index (χ1n) is 6.07. The van der Waals surface area contributed by atoms with Crippen LogP contribution in [0.2, 0.25) is 0 Å². The molecular formula is C12H21N3OS. The Labute approximate surface area is 107 Å². The summed E-state index contributed by atoms with van der Waals surface area (Å²) in [6.07, 6.45) is 0. The Morgan fingerprint density at radius 1 is 1.41 bits per heavy atom.